The number of rotatable bonds is 13. The van der Waals surface area contributed by atoms with Crippen LogP contribution in [-0.4, -0.2) is 22.8 Å². The zero-order chi connectivity index (χ0) is 56.5. The lowest BCUT2D eigenvalue weighted by molar-refractivity contribution is 0.834. The fourth-order valence-corrected chi connectivity index (χ4v) is 9.09. The van der Waals surface area contributed by atoms with Gasteiger partial charge in [-0.1, -0.05) is 282 Å². The molecule has 0 saturated heterocycles. The molecule has 0 aromatic heterocycles. The van der Waals surface area contributed by atoms with E-state index in [4.69, 9.17) is 15.0 Å². The number of nitrogens with zero attached hydrogens (tertiary/aromatic N) is 4. The molecule has 0 saturated carbocycles. The van der Waals surface area contributed by atoms with Gasteiger partial charge in [-0.15, -0.1) is 0 Å². The molecule has 0 aliphatic heterocycles. The maximum atomic E-state index is 5.28. The molecule has 4 heteroatoms. The highest BCUT2D eigenvalue weighted by molar-refractivity contribution is 6.04. The van der Waals surface area contributed by atoms with E-state index in [9.17, 15) is 0 Å². The largest absolute Gasteiger partial charge is 0.253 e. The Kier molecular flexibility index (Phi) is 22.5. The molecule has 0 aliphatic rings. The van der Waals surface area contributed by atoms with Crippen LogP contribution in [0.2, 0.25) is 0 Å². The van der Waals surface area contributed by atoms with Gasteiger partial charge >= 0.3 is 0 Å². The van der Waals surface area contributed by atoms with Gasteiger partial charge in [-0.25, -0.2) is 0 Å². The predicted octanol–water partition coefficient (Wildman–Crippen LogP) is 21.1. The summed E-state index contributed by atoms with van der Waals surface area (Å²) >= 11 is 0. The number of benzene rings is 10. The van der Waals surface area contributed by atoms with Gasteiger partial charge in [0.1, 0.15) is 0 Å². The molecule has 400 valence electrons. The van der Waals surface area contributed by atoms with Gasteiger partial charge in [0, 0.05) is 29.1 Å². The van der Waals surface area contributed by atoms with Crippen LogP contribution in [-0.2, 0) is 6.42 Å². The Morgan fingerprint density at radius 3 is 1.18 bits per heavy atom. The van der Waals surface area contributed by atoms with Crippen molar-refractivity contribution in [3.63, 3.8) is 0 Å². The van der Waals surface area contributed by atoms with Crippen LogP contribution in [0.4, 0.5) is 22.7 Å². The molecule has 0 N–H and O–H groups in total. The first-order valence-corrected chi connectivity index (χ1v) is 27.8. The number of aryl methyl sites for hydroxylation is 2. The van der Waals surface area contributed by atoms with Gasteiger partial charge in [0.2, 0.25) is 0 Å². The summed E-state index contributed by atoms with van der Waals surface area (Å²) in [5, 5.41) is 0. The second-order valence-electron chi connectivity index (χ2n) is 20.3. The fourth-order valence-electron chi connectivity index (χ4n) is 9.09. The van der Waals surface area contributed by atoms with Crippen molar-refractivity contribution in [3.05, 3.63) is 323 Å². The molecule has 0 atom stereocenters. The third-order valence-corrected chi connectivity index (χ3v) is 13.5. The SMILES string of the molecule is CC(=Nc1c(C)cccc1C)c1ccccc1.CC(=Nc1ccccc1)c1ccccc1.CC(=Nc1ccccc1-c1ccccc1)c1ccccc1.CC(C)c1cccc(C(C)C)c1N=C(Cc1ccccc1)c1ccccc1. The van der Waals surface area contributed by atoms with Crippen LogP contribution in [0.1, 0.15) is 110 Å². The van der Waals surface area contributed by atoms with E-state index >= 15 is 0 Å². The Labute approximate surface area is 477 Å². The summed E-state index contributed by atoms with van der Waals surface area (Å²) in [5.41, 5.74) is 21.9. The molecule has 0 fully saturated rings. The summed E-state index contributed by atoms with van der Waals surface area (Å²) in [6.45, 7) is 19.3. The fraction of sp³-hybridized carbons (Fsp3) is 0.158. The lowest BCUT2D eigenvalue weighted by Crippen LogP contribution is -2.06. The highest BCUT2D eigenvalue weighted by Crippen LogP contribution is 2.36. The standard InChI is InChI=1S/C26H29N.C20H17N.C16H17N.C14H13N/c1-19(2)23-16-11-17-24(20(3)4)26(23)27-25(22-14-9-6-10-15-22)18-21-12-7-5-8-13-21;1-16(17-10-4-2-5-11-17)21-20-15-9-8-14-19(20)18-12-6-3-7-13-18;1-12-8-7-9-13(2)16(12)17-14(3)15-10-5-4-6-11-15;1-12(13-8-4-2-5-9-13)15-14-10-6-3-7-11-14/h5-17,19-20H,18H2,1-4H3;2-15H,1H3;4-11H,1-3H3;2-11H,1H3. The first-order valence-electron chi connectivity index (χ1n) is 27.8. The van der Waals surface area contributed by atoms with Crippen LogP contribution in [0.25, 0.3) is 11.1 Å². The van der Waals surface area contributed by atoms with Crippen molar-refractivity contribution in [3.8, 4) is 11.1 Å². The van der Waals surface area contributed by atoms with E-state index in [1.54, 1.807) is 0 Å². The molecule has 0 radical (unpaired) electrons. The first-order chi connectivity index (χ1) is 38.9. The summed E-state index contributed by atoms with van der Waals surface area (Å²) in [4.78, 5) is 19.4. The Bertz CT molecular complexity index is 3520. The smallest absolute Gasteiger partial charge is 0.0711 e. The number of hydrogen-bond donors (Lipinski definition) is 0. The van der Waals surface area contributed by atoms with Crippen molar-refractivity contribution < 1.29 is 0 Å². The van der Waals surface area contributed by atoms with E-state index in [1.165, 1.54) is 50.1 Å². The van der Waals surface area contributed by atoms with Gasteiger partial charge in [0.05, 0.1) is 28.5 Å². The van der Waals surface area contributed by atoms with Crippen molar-refractivity contribution in [2.24, 2.45) is 20.0 Å². The molecule has 4 nitrogen and oxygen atoms in total. The minimum absolute atomic E-state index is 0.441. The van der Waals surface area contributed by atoms with E-state index in [-0.39, 0.29) is 0 Å². The molecule has 10 rings (SSSR count). The first kappa shape index (κ1) is 58.6. The summed E-state index contributed by atoms with van der Waals surface area (Å²) in [6, 6.07) is 93.5. The van der Waals surface area contributed by atoms with E-state index in [0.717, 1.165) is 63.1 Å². The summed E-state index contributed by atoms with van der Waals surface area (Å²) in [6.07, 6.45) is 0.828. The molecule has 80 heavy (non-hydrogen) atoms. The highest BCUT2D eigenvalue weighted by Gasteiger charge is 2.16. The second-order valence-corrected chi connectivity index (χ2v) is 20.3. The lowest BCUT2D eigenvalue weighted by Gasteiger charge is -2.18. The number of hydrogen-bond acceptors (Lipinski definition) is 4. The highest BCUT2D eigenvalue weighted by atomic mass is 14.8. The lowest BCUT2D eigenvalue weighted by atomic mass is 9.92. The molecule has 0 aliphatic carbocycles. The van der Waals surface area contributed by atoms with Crippen molar-refractivity contribution >= 4 is 45.6 Å². The molecule has 10 aromatic carbocycles. The van der Waals surface area contributed by atoms with Crippen LogP contribution in [0.15, 0.2) is 293 Å². The molecule has 0 spiro atoms. The van der Waals surface area contributed by atoms with Crippen molar-refractivity contribution in [1.82, 2.24) is 0 Å². The molecule has 10 aromatic rings. The van der Waals surface area contributed by atoms with Gasteiger partial charge < -0.3 is 0 Å². The third-order valence-electron chi connectivity index (χ3n) is 13.5. The molecule has 0 heterocycles. The topological polar surface area (TPSA) is 49.4 Å². The van der Waals surface area contributed by atoms with Crippen LogP contribution >= 0.6 is 0 Å². The van der Waals surface area contributed by atoms with Crippen molar-refractivity contribution in [2.45, 2.75) is 80.6 Å². The van der Waals surface area contributed by atoms with Crippen LogP contribution in [0, 0.1) is 13.8 Å². The van der Waals surface area contributed by atoms with Gasteiger partial charge in [0.25, 0.3) is 0 Å². The second kappa shape index (κ2) is 30.7. The number of para-hydroxylation sites is 4. The normalized spacial score (nSPS) is 11.6. The van der Waals surface area contributed by atoms with Crippen molar-refractivity contribution in [1.29, 1.82) is 0 Å². The predicted molar refractivity (Wildman–Crippen MR) is 347 cm³/mol. The summed E-state index contributed by atoms with van der Waals surface area (Å²) < 4.78 is 0. The maximum Gasteiger partial charge on any atom is 0.0711 e. The van der Waals surface area contributed by atoms with E-state index in [1.807, 2.05) is 104 Å². The van der Waals surface area contributed by atoms with Gasteiger partial charge in [-0.3, -0.25) is 20.0 Å². The Morgan fingerprint density at radius 2 is 0.700 bits per heavy atom. The Hall–Kier alpha value is -9.12. The monoisotopic (exact) mass is 1040 g/mol. The average molecular weight is 1050 g/mol. The molecule has 0 amide bonds. The minimum Gasteiger partial charge on any atom is -0.253 e. The molecule has 0 unspecified atom stereocenters. The number of aliphatic imine (C=N–C) groups is 4. The van der Waals surface area contributed by atoms with Gasteiger partial charge in [-0.2, -0.15) is 0 Å². The van der Waals surface area contributed by atoms with Crippen LogP contribution in [0.3, 0.4) is 0 Å². The average Bonchev–Trinajstić information content (AvgIpc) is 3.50. The quantitative estimate of drug-likeness (QED) is 0.103. The third kappa shape index (κ3) is 17.7. The Balaban J connectivity index is 0.000000158. The zero-order valence-corrected chi connectivity index (χ0v) is 48.1. The maximum absolute atomic E-state index is 5.28. The summed E-state index contributed by atoms with van der Waals surface area (Å²) in [7, 11) is 0. The molecular formula is C76H76N4. The van der Waals surface area contributed by atoms with Crippen LogP contribution < -0.4 is 0 Å². The summed E-state index contributed by atoms with van der Waals surface area (Å²) in [5.74, 6) is 0.882. The van der Waals surface area contributed by atoms with Crippen LogP contribution in [0.5, 0.6) is 0 Å². The van der Waals surface area contributed by atoms with Gasteiger partial charge in [-0.05, 0) is 120 Å². The zero-order valence-electron chi connectivity index (χ0n) is 48.1. The molecular weight excluding hydrogens is 969 g/mol. The van der Waals surface area contributed by atoms with E-state index in [0.29, 0.717) is 11.8 Å². The molecule has 0 bridgehead atoms. The van der Waals surface area contributed by atoms with E-state index in [2.05, 4.69) is 236 Å². The Morgan fingerprint density at radius 1 is 0.325 bits per heavy atom. The van der Waals surface area contributed by atoms with Gasteiger partial charge in [0.15, 0.2) is 0 Å². The minimum atomic E-state index is 0.441. The van der Waals surface area contributed by atoms with Crippen molar-refractivity contribution in [2.75, 3.05) is 0 Å². The van der Waals surface area contributed by atoms with E-state index < -0.39 is 0 Å².